The largest absolute Gasteiger partial charge is 0.488 e. The third-order valence-electron chi connectivity index (χ3n) is 3.48. The number of rotatable bonds is 4. The van der Waals surface area contributed by atoms with Gasteiger partial charge in [-0.05, 0) is 23.2 Å². The lowest BCUT2D eigenvalue weighted by Gasteiger charge is -2.33. The number of sulfonamides is 1. The van der Waals surface area contributed by atoms with Crippen LogP contribution in [0.25, 0.3) is 0 Å². The lowest BCUT2D eigenvalue weighted by atomic mass is 9.79. The zero-order chi connectivity index (χ0) is 15.6. The maximum Gasteiger partial charge on any atom is 0.488 e. The fraction of sp³-hybridized carbons (Fsp3) is 0.500. The second-order valence-corrected chi connectivity index (χ2v) is 7.19. The Morgan fingerprint density at radius 2 is 1.81 bits per heavy atom. The minimum absolute atomic E-state index is 0.111. The van der Waals surface area contributed by atoms with E-state index in [0.29, 0.717) is 38.3 Å². The van der Waals surface area contributed by atoms with Gasteiger partial charge >= 0.3 is 7.12 Å². The van der Waals surface area contributed by atoms with Crippen LogP contribution in [-0.4, -0.2) is 67.2 Å². The van der Waals surface area contributed by atoms with Crippen LogP contribution in [0.1, 0.15) is 5.56 Å². The Morgan fingerprint density at radius 3 is 2.33 bits per heavy atom. The zero-order valence-electron chi connectivity index (χ0n) is 11.7. The van der Waals surface area contributed by atoms with E-state index in [9.17, 15) is 12.8 Å². The van der Waals surface area contributed by atoms with Gasteiger partial charge in [0.1, 0.15) is 5.82 Å². The maximum absolute atomic E-state index is 13.4. The van der Waals surface area contributed by atoms with Crippen molar-refractivity contribution in [3.8, 4) is 0 Å². The number of nitrogens with zero attached hydrogens (tertiary/aromatic N) is 2. The molecule has 0 unspecified atom stereocenters. The van der Waals surface area contributed by atoms with Crippen LogP contribution in [-0.2, 0) is 16.6 Å². The Morgan fingerprint density at radius 1 is 1.19 bits per heavy atom. The van der Waals surface area contributed by atoms with Crippen molar-refractivity contribution in [1.29, 1.82) is 0 Å². The molecule has 1 fully saturated rings. The van der Waals surface area contributed by atoms with Gasteiger partial charge in [0.25, 0.3) is 0 Å². The van der Waals surface area contributed by atoms with Gasteiger partial charge in [0, 0.05) is 32.7 Å². The number of halogens is 1. The van der Waals surface area contributed by atoms with Gasteiger partial charge in [-0.25, -0.2) is 12.8 Å². The van der Waals surface area contributed by atoms with E-state index in [-0.39, 0.29) is 5.46 Å². The summed E-state index contributed by atoms with van der Waals surface area (Å²) in [5.74, 6) is -0.523. The van der Waals surface area contributed by atoms with Crippen LogP contribution in [0.4, 0.5) is 4.39 Å². The minimum Gasteiger partial charge on any atom is -0.423 e. The Hall–Kier alpha value is -0.995. The Balaban J connectivity index is 2.01. The second-order valence-electron chi connectivity index (χ2n) is 5.20. The molecule has 1 heterocycles. The third kappa shape index (κ3) is 4.48. The Labute approximate surface area is 124 Å². The second kappa shape index (κ2) is 6.41. The summed E-state index contributed by atoms with van der Waals surface area (Å²) in [6.07, 6.45) is 1.18. The van der Waals surface area contributed by atoms with Crippen LogP contribution < -0.4 is 5.46 Å². The van der Waals surface area contributed by atoms with Gasteiger partial charge in [-0.1, -0.05) is 6.07 Å². The molecule has 21 heavy (non-hydrogen) atoms. The van der Waals surface area contributed by atoms with Crippen molar-refractivity contribution in [3.05, 3.63) is 29.6 Å². The van der Waals surface area contributed by atoms with Crippen LogP contribution in [0, 0.1) is 5.82 Å². The Kier molecular flexibility index (Phi) is 5.00. The van der Waals surface area contributed by atoms with E-state index < -0.39 is 23.0 Å². The molecule has 0 amide bonds. The monoisotopic (exact) mass is 316 g/mol. The molecule has 1 aromatic rings. The van der Waals surface area contributed by atoms with Gasteiger partial charge < -0.3 is 10.0 Å². The van der Waals surface area contributed by atoms with Crippen molar-refractivity contribution in [2.45, 2.75) is 6.54 Å². The van der Waals surface area contributed by atoms with E-state index in [0.717, 1.165) is 6.07 Å². The van der Waals surface area contributed by atoms with Crippen molar-refractivity contribution in [3.63, 3.8) is 0 Å². The fourth-order valence-electron chi connectivity index (χ4n) is 2.39. The van der Waals surface area contributed by atoms with Crippen molar-refractivity contribution >= 4 is 22.6 Å². The summed E-state index contributed by atoms with van der Waals surface area (Å²) in [6.45, 7) is 2.36. The predicted octanol–water partition coefficient (Wildman–Crippen LogP) is -1.42. The summed E-state index contributed by atoms with van der Waals surface area (Å²) in [7, 11) is -4.87. The van der Waals surface area contributed by atoms with Gasteiger partial charge in [-0.2, -0.15) is 4.31 Å². The van der Waals surface area contributed by atoms with E-state index in [1.54, 1.807) is 0 Å². The smallest absolute Gasteiger partial charge is 0.423 e. The molecule has 0 saturated carbocycles. The third-order valence-corrected chi connectivity index (χ3v) is 4.79. The summed E-state index contributed by atoms with van der Waals surface area (Å²) in [5, 5.41) is 18.2. The molecular formula is C12H18BFN2O4S. The lowest BCUT2D eigenvalue weighted by Crippen LogP contribution is -2.47. The Bertz CT molecular complexity index is 603. The highest BCUT2D eigenvalue weighted by Gasteiger charge is 2.23. The molecule has 1 aromatic carbocycles. The molecule has 1 aliphatic heterocycles. The van der Waals surface area contributed by atoms with Gasteiger partial charge in [-0.3, -0.25) is 4.90 Å². The fourth-order valence-corrected chi connectivity index (χ4v) is 3.22. The standard InChI is InChI=1S/C12H18BFN2O4S/c1-21(19,20)16-4-2-15(3-5-16)9-10-6-11(13(17)18)8-12(14)7-10/h6-8,17-18H,2-5,9H2,1H3. The van der Waals surface area contributed by atoms with Crippen molar-refractivity contribution in [2.75, 3.05) is 32.4 Å². The average molecular weight is 316 g/mol. The molecule has 6 nitrogen and oxygen atoms in total. The van der Waals surface area contributed by atoms with Crippen LogP contribution in [0.3, 0.4) is 0 Å². The first-order valence-corrected chi connectivity index (χ1v) is 8.43. The first kappa shape index (κ1) is 16.4. The minimum atomic E-state index is -3.17. The average Bonchev–Trinajstić information content (AvgIpc) is 2.37. The SMILES string of the molecule is CS(=O)(=O)N1CCN(Cc2cc(F)cc(B(O)O)c2)CC1. The van der Waals surface area contributed by atoms with E-state index in [4.69, 9.17) is 10.0 Å². The molecule has 0 aromatic heterocycles. The molecule has 0 bridgehead atoms. The lowest BCUT2D eigenvalue weighted by molar-refractivity contribution is 0.182. The zero-order valence-corrected chi connectivity index (χ0v) is 12.6. The summed E-state index contributed by atoms with van der Waals surface area (Å²) < 4.78 is 37.7. The number of piperazine rings is 1. The highest BCUT2D eigenvalue weighted by atomic mass is 32.2. The summed E-state index contributed by atoms with van der Waals surface area (Å²) >= 11 is 0. The molecule has 0 aliphatic carbocycles. The predicted molar refractivity (Wildman–Crippen MR) is 77.9 cm³/mol. The van der Waals surface area contributed by atoms with Gasteiger partial charge in [0.15, 0.2) is 0 Å². The highest BCUT2D eigenvalue weighted by molar-refractivity contribution is 7.88. The summed E-state index contributed by atoms with van der Waals surface area (Å²) in [4.78, 5) is 2.00. The normalized spacial score (nSPS) is 17.9. The molecule has 9 heteroatoms. The quantitative estimate of drug-likeness (QED) is 0.667. The van der Waals surface area contributed by atoms with E-state index in [1.807, 2.05) is 4.90 Å². The van der Waals surface area contributed by atoms with Gasteiger partial charge in [0.05, 0.1) is 6.26 Å². The molecule has 2 rings (SSSR count). The van der Waals surface area contributed by atoms with Crippen LogP contribution in [0.5, 0.6) is 0 Å². The van der Waals surface area contributed by atoms with Gasteiger partial charge in [-0.15, -0.1) is 0 Å². The molecule has 0 spiro atoms. The van der Waals surface area contributed by atoms with Crippen molar-refractivity contribution in [2.24, 2.45) is 0 Å². The molecule has 1 saturated heterocycles. The topological polar surface area (TPSA) is 81.1 Å². The van der Waals surface area contributed by atoms with Crippen LogP contribution >= 0.6 is 0 Å². The van der Waals surface area contributed by atoms with Crippen molar-refractivity contribution in [1.82, 2.24) is 9.21 Å². The molecule has 2 N–H and O–H groups in total. The molecule has 1 aliphatic rings. The number of benzene rings is 1. The molecular weight excluding hydrogens is 298 g/mol. The summed E-state index contributed by atoms with van der Waals surface area (Å²) in [6, 6.07) is 3.96. The number of hydrogen-bond donors (Lipinski definition) is 2. The van der Waals surface area contributed by atoms with Crippen LogP contribution in [0.2, 0.25) is 0 Å². The first-order chi connectivity index (χ1) is 9.75. The van der Waals surface area contributed by atoms with Crippen LogP contribution in [0.15, 0.2) is 18.2 Å². The highest BCUT2D eigenvalue weighted by Crippen LogP contribution is 2.11. The first-order valence-electron chi connectivity index (χ1n) is 6.58. The summed E-state index contributed by atoms with van der Waals surface area (Å²) in [5.41, 5.74) is 0.741. The van der Waals surface area contributed by atoms with Crippen molar-refractivity contribution < 1.29 is 22.9 Å². The van der Waals surface area contributed by atoms with E-state index >= 15 is 0 Å². The maximum atomic E-state index is 13.4. The molecule has 0 radical (unpaired) electrons. The molecule has 116 valence electrons. The van der Waals surface area contributed by atoms with Gasteiger partial charge in [0.2, 0.25) is 10.0 Å². The number of hydrogen-bond acceptors (Lipinski definition) is 5. The molecule has 0 atom stereocenters. The van der Waals surface area contributed by atoms with E-state index in [2.05, 4.69) is 0 Å². The van der Waals surface area contributed by atoms with E-state index in [1.165, 1.54) is 22.7 Å².